The zero-order valence-corrected chi connectivity index (χ0v) is 11.7. The molecular formula is C13H24N2O4. The van der Waals surface area contributed by atoms with Gasteiger partial charge in [-0.1, -0.05) is 20.3 Å². The van der Waals surface area contributed by atoms with Crippen LogP contribution in [0.1, 0.15) is 39.5 Å². The number of ether oxygens (including phenoxy) is 1. The van der Waals surface area contributed by atoms with E-state index in [1.54, 1.807) is 0 Å². The van der Waals surface area contributed by atoms with E-state index in [9.17, 15) is 9.59 Å². The molecule has 0 aliphatic heterocycles. The maximum absolute atomic E-state index is 11.6. The molecule has 0 spiro atoms. The number of rotatable bonds is 6. The topological polar surface area (TPSA) is 87.7 Å². The SMILES string of the molecule is CC1(C)CCCC(NC(=O)NCCOCC(=O)O)C1. The number of hydrogen-bond donors (Lipinski definition) is 3. The van der Waals surface area contributed by atoms with Crippen LogP contribution in [0, 0.1) is 5.41 Å². The van der Waals surface area contributed by atoms with Crippen LogP contribution in [-0.4, -0.2) is 42.9 Å². The maximum Gasteiger partial charge on any atom is 0.329 e. The van der Waals surface area contributed by atoms with Crippen molar-refractivity contribution < 1.29 is 19.4 Å². The van der Waals surface area contributed by atoms with Crippen molar-refractivity contribution in [2.24, 2.45) is 5.41 Å². The van der Waals surface area contributed by atoms with E-state index in [2.05, 4.69) is 24.5 Å². The summed E-state index contributed by atoms with van der Waals surface area (Å²) < 4.78 is 4.83. The Hall–Kier alpha value is -1.30. The van der Waals surface area contributed by atoms with Crippen LogP contribution in [0.15, 0.2) is 0 Å². The van der Waals surface area contributed by atoms with Gasteiger partial charge in [-0.3, -0.25) is 0 Å². The minimum atomic E-state index is -1.01. The maximum atomic E-state index is 11.6. The lowest BCUT2D eigenvalue weighted by molar-refractivity contribution is -0.142. The molecule has 1 unspecified atom stereocenters. The van der Waals surface area contributed by atoms with Gasteiger partial charge in [-0.15, -0.1) is 0 Å². The summed E-state index contributed by atoms with van der Waals surface area (Å²) in [5.41, 5.74) is 0.292. The number of amides is 2. The smallest absolute Gasteiger partial charge is 0.329 e. The van der Waals surface area contributed by atoms with Gasteiger partial charge in [0.05, 0.1) is 6.61 Å². The van der Waals surface area contributed by atoms with Crippen molar-refractivity contribution >= 4 is 12.0 Å². The third-order valence-corrected chi connectivity index (χ3v) is 3.30. The first-order valence-electron chi connectivity index (χ1n) is 6.73. The molecule has 6 heteroatoms. The predicted octanol–water partition coefficient (Wildman–Crippen LogP) is 1.36. The van der Waals surface area contributed by atoms with Crippen LogP contribution in [-0.2, 0) is 9.53 Å². The summed E-state index contributed by atoms with van der Waals surface area (Å²) in [5, 5.41) is 14.0. The normalized spacial score (nSPS) is 21.7. The minimum absolute atomic E-state index is 0.204. The monoisotopic (exact) mass is 272 g/mol. The standard InChI is InChI=1S/C13H24N2O4/c1-13(2)5-3-4-10(8-13)15-12(18)14-6-7-19-9-11(16)17/h10H,3-9H2,1-2H3,(H,16,17)(H2,14,15,18). The quantitative estimate of drug-likeness (QED) is 0.637. The Labute approximate surface area is 113 Å². The lowest BCUT2D eigenvalue weighted by atomic mass is 9.75. The van der Waals surface area contributed by atoms with Gasteiger partial charge in [-0.2, -0.15) is 0 Å². The molecule has 110 valence electrons. The molecule has 0 aromatic carbocycles. The Balaban J connectivity index is 2.12. The summed E-state index contributed by atoms with van der Waals surface area (Å²) in [6, 6.07) is 0.0188. The van der Waals surface area contributed by atoms with Gasteiger partial charge < -0.3 is 20.5 Å². The Morgan fingerprint density at radius 2 is 2.16 bits per heavy atom. The van der Waals surface area contributed by atoms with Crippen molar-refractivity contribution in [1.29, 1.82) is 0 Å². The number of carboxylic acids is 1. The van der Waals surface area contributed by atoms with E-state index in [-0.39, 0.29) is 25.3 Å². The van der Waals surface area contributed by atoms with E-state index in [0.717, 1.165) is 19.3 Å². The summed E-state index contributed by atoms with van der Waals surface area (Å²) >= 11 is 0. The summed E-state index contributed by atoms with van der Waals surface area (Å²) in [4.78, 5) is 21.8. The highest BCUT2D eigenvalue weighted by molar-refractivity contribution is 5.74. The van der Waals surface area contributed by atoms with Crippen LogP contribution in [0.5, 0.6) is 0 Å². The van der Waals surface area contributed by atoms with Crippen molar-refractivity contribution in [3.63, 3.8) is 0 Å². The molecule has 19 heavy (non-hydrogen) atoms. The first-order valence-corrected chi connectivity index (χ1v) is 6.73. The molecule has 1 rings (SSSR count). The molecule has 0 bridgehead atoms. The molecular weight excluding hydrogens is 248 g/mol. The van der Waals surface area contributed by atoms with Crippen molar-refractivity contribution in [3.8, 4) is 0 Å². The van der Waals surface area contributed by atoms with E-state index in [1.807, 2.05) is 0 Å². The number of carbonyl (C=O) groups excluding carboxylic acids is 1. The van der Waals surface area contributed by atoms with Gasteiger partial charge in [-0.05, 0) is 24.7 Å². The van der Waals surface area contributed by atoms with Gasteiger partial charge in [-0.25, -0.2) is 9.59 Å². The summed E-state index contributed by atoms with van der Waals surface area (Å²) in [7, 11) is 0. The lowest BCUT2D eigenvalue weighted by Crippen LogP contribution is -2.46. The molecule has 1 fully saturated rings. The Morgan fingerprint density at radius 1 is 1.42 bits per heavy atom. The van der Waals surface area contributed by atoms with Gasteiger partial charge in [0.1, 0.15) is 6.61 Å². The summed E-state index contributed by atoms with van der Waals surface area (Å²) in [6.45, 7) is 4.63. The molecule has 0 aromatic heterocycles. The molecule has 1 saturated carbocycles. The predicted molar refractivity (Wildman–Crippen MR) is 71.0 cm³/mol. The summed E-state index contributed by atoms with van der Waals surface area (Å²) in [6.07, 6.45) is 4.36. The van der Waals surface area contributed by atoms with E-state index in [0.29, 0.717) is 12.0 Å². The first-order chi connectivity index (χ1) is 8.89. The van der Waals surface area contributed by atoms with Crippen molar-refractivity contribution in [2.75, 3.05) is 19.8 Å². The molecule has 0 heterocycles. The van der Waals surface area contributed by atoms with Gasteiger partial charge in [0.25, 0.3) is 0 Å². The molecule has 1 aliphatic rings. The highest BCUT2D eigenvalue weighted by Crippen LogP contribution is 2.34. The fourth-order valence-corrected chi connectivity index (χ4v) is 2.45. The number of aliphatic carboxylic acids is 1. The fraction of sp³-hybridized carbons (Fsp3) is 0.846. The molecule has 3 N–H and O–H groups in total. The number of carboxylic acid groups (broad SMARTS) is 1. The van der Waals surface area contributed by atoms with Crippen molar-refractivity contribution in [2.45, 2.75) is 45.6 Å². The largest absolute Gasteiger partial charge is 0.480 e. The highest BCUT2D eigenvalue weighted by atomic mass is 16.5. The zero-order valence-electron chi connectivity index (χ0n) is 11.7. The highest BCUT2D eigenvalue weighted by Gasteiger charge is 2.28. The fourth-order valence-electron chi connectivity index (χ4n) is 2.45. The van der Waals surface area contributed by atoms with Gasteiger partial charge in [0, 0.05) is 12.6 Å². The van der Waals surface area contributed by atoms with Crippen LogP contribution >= 0.6 is 0 Å². The Bertz CT molecular complexity index is 318. The van der Waals surface area contributed by atoms with Crippen LogP contribution in [0.2, 0.25) is 0 Å². The second-order valence-electron chi connectivity index (χ2n) is 5.80. The molecule has 1 aliphatic carbocycles. The van der Waals surface area contributed by atoms with Crippen molar-refractivity contribution in [1.82, 2.24) is 10.6 Å². The van der Waals surface area contributed by atoms with Gasteiger partial charge >= 0.3 is 12.0 Å². The minimum Gasteiger partial charge on any atom is -0.480 e. The molecule has 1 atom stereocenters. The second kappa shape index (κ2) is 7.33. The van der Waals surface area contributed by atoms with Gasteiger partial charge in [0.15, 0.2) is 0 Å². The van der Waals surface area contributed by atoms with Crippen LogP contribution < -0.4 is 10.6 Å². The third-order valence-electron chi connectivity index (χ3n) is 3.30. The second-order valence-corrected chi connectivity index (χ2v) is 5.80. The average molecular weight is 272 g/mol. The third kappa shape index (κ3) is 7.00. The first kappa shape index (κ1) is 15.8. The Kier molecular flexibility index (Phi) is 6.08. The van der Waals surface area contributed by atoms with E-state index < -0.39 is 5.97 Å². The zero-order chi connectivity index (χ0) is 14.3. The summed E-state index contributed by atoms with van der Waals surface area (Å²) in [5.74, 6) is -1.01. The van der Waals surface area contributed by atoms with Crippen LogP contribution in [0.4, 0.5) is 4.79 Å². The van der Waals surface area contributed by atoms with Crippen molar-refractivity contribution in [3.05, 3.63) is 0 Å². The molecule has 0 radical (unpaired) electrons. The number of urea groups is 1. The van der Waals surface area contributed by atoms with Crippen LogP contribution in [0.3, 0.4) is 0 Å². The van der Waals surface area contributed by atoms with E-state index >= 15 is 0 Å². The van der Waals surface area contributed by atoms with E-state index in [4.69, 9.17) is 9.84 Å². The molecule has 0 saturated heterocycles. The Morgan fingerprint density at radius 3 is 2.79 bits per heavy atom. The molecule has 6 nitrogen and oxygen atoms in total. The number of carbonyl (C=O) groups is 2. The number of nitrogens with one attached hydrogen (secondary N) is 2. The average Bonchev–Trinajstić information content (AvgIpc) is 2.26. The molecule has 0 aromatic rings. The van der Waals surface area contributed by atoms with Gasteiger partial charge in [0.2, 0.25) is 0 Å². The lowest BCUT2D eigenvalue weighted by Gasteiger charge is -2.35. The van der Waals surface area contributed by atoms with E-state index in [1.165, 1.54) is 6.42 Å². The molecule has 2 amide bonds. The van der Waals surface area contributed by atoms with Crippen LogP contribution in [0.25, 0.3) is 0 Å². The number of hydrogen-bond acceptors (Lipinski definition) is 3.